The Balaban J connectivity index is 1.26. The first-order valence-electron chi connectivity index (χ1n) is 10.3. The van der Waals surface area contributed by atoms with Crippen LogP contribution in [-0.4, -0.2) is 24.5 Å². The van der Waals surface area contributed by atoms with Crippen LogP contribution in [0.2, 0.25) is 10.0 Å². The van der Waals surface area contributed by atoms with Gasteiger partial charge < -0.3 is 15.4 Å². The van der Waals surface area contributed by atoms with Crippen LogP contribution in [0.25, 0.3) is 0 Å². The number of amides is 2. The molecule has 2 aromatic rings. The number of benzene rings is 2. The zero-order chi connectivity index (χ0) is 22.0. The Morgan fingerprint density at radius 3 is 2.48 bits per heavy atom. The molecule has 3 aliphatic rings. The molecule has 0 radical (unpaired) electrons. The van der Waals surface area contributed by atoms with E-state index in [4.69, 9.17) is 27.9 Å². The number of ether oxygens (including phenoxy) is 1. The fourth-order valence-electron chi connectivity index (χ4n) is 4.41. The molecule has 0 aliphatic heterocycles. The van der Waals surface area contributed by atoms with Crippen LogP contribution < -0.4 is 15.4 Å². The summed E-state index contributed by atoms with van der Waals surface area (Å²) in [4.78, 5) is 25.1. The lowest BCUT2D eigenvalue weighted by Gasteiger charge is -2.50. The summed E-state index contributed by atoms with van der Waals surface area (Å²) in [6, 6.07) is 11.3. The highest BCUT2D eigenvalue weighted by atomic mass is 35.5. The summed E-state index contributed by atoms with van der Waals surface area (Å²) in [6.07, 6.45) is 2.49. The lowest BCUT2D eigenvalue weighted by molar-refractivity contribution is -0.136. The van der Waals surface area contributed by atoms with Gasteiger partial charge in [-0.05, 0) is 60.9 Å². The van der Waals surface area contributed by atoms with Gasteiger partial charge in [0.05, 0.1) is 5.02 Å². The van der Waals surface area contributed by atoms with Gasteiger partial charge in [0.15, 0.2) is 6.61 Å². The van der Waals surface area contributed by atoms with Crippen molar-refractivity contribution in [3.05, 3.63) is 63.9 Å². The molecule has 0 heterocycles. The zero-order valence-electron chi connectivity index (χ0n) is 16.7. The maximum Gasteiger partial charge on any atom is 0.258 e. The molecule has 5 nitrogen and oxygen atoms in total. The van der Waals surface area contributed by atoms with Gasteiger partial charge >= 0.3 is 0 Å². The van der Waals surface area contributed by atoms with Crippen LogP contribution in [0.1, 0.15) is 24.8 Å². The summed E-state index contributed by atoms with van der Waals surface area (Å²) in [7, 11) is 0. The number of halogens is 3. The first-order valence-corrected chi connectivity index (χ1v) is 11.0. The minimum Gasteiger partial charge on any atom is -0.484 e. The van der Waals surface area contributed by atoms with Gasteiger partial charge in [0.1, 0.15) is 11.6 Å². The molecule has 0 spiro atoms. The van der Waals surface area contributed by atoms with E-state index in [2.05, 4.69) is 10.6 Å². The SMILES string of the molecule is O=C(COc1ccc(Cl)c(F)c1)N[C@@H]1C[C@H](C(=O)NCc2ccc(Cl)cc2)C2CC1C2. The predicted octanol–water partition coefficient (Wildman–Crippen LogP) is 4.36. The van der Waals surface area contributed by atoms with Crippen molar-refractivity contribution in [2.75, 3.05) is 6.61 Å². The van der Waals surface area contributed by atoms with Crippen LogP contribution in [0.5, 0.6) is 5.75 Å². The van der Waals surface area contributed by atoms with Gasteiger partial charge in [0.25, 0.3) is 5.91 Å². The van der Waals surface area contributed by atoms with Crippen LogP contribution >= 0.6 is 23.2 Å². The van der Waals surface area contributed by atoms with Crippen molar-refractivity contribution in [2.24, 2.45) is 17.8 Å². The van der Waals surface area contributed by atoms with Crippen molar-refractivity contribution < 1.29 is 18.7 Å². The van der Waals surface area contributed by atoms with E-state index in [-0.39, 0.29) is 41.2 Å². The highest BCUT2D eigenvalue weighted by Gasteiger charge is 2.48. The Hall–Kier alpha value is -2.31. The molecule has 164 valence electrons. The fraction of sp³-hybridized carbons (Fsp3) is 0.391. The van der Waals surface area contributed by atoms with E-state index in [1.54, 1.807) is 12.1 Å². The monoisotopic (exact) mass is 464 g/mol. The average molecular weight is 465 g/mol. The fourth-order valence-corrected chi connectivity index (χ4v) is 4.65. The quantitative estimate of drug-likeness (QED) is 0.639. The largest absolute Gasteiger partial charge is 0.484 e. The normalized spacial score (nSPS) is 24.1. The molecular formula is C23H23Cl2FN2O3. The Labute approximate surface area is 190 Å². The smallest absolute Gasteiger partial charge is 0.258 e. The summed E-state index contributed by atoms with van der Waals surface area (Å²) in [5.74, 6) is 0.0210. The minimum atomic E-state index is -0.597. The van der Waals surface area contributed by atoms with E-state index in [0.717, 1.165) is 24.5 Å². The maximum atomic E-state index is 13.5. The predicted molar refractivity (Wildman–Crippen MR) is 116 cm³/mol. The van der Waals surface area contributed by atoms with E-state index >= 15 is 0 Å². The van der Waals surface area contributed by atoms with Crippen LogP contribution in [-0.2, 0) is 16.1 Å². The second kappa shape index (κ2) is 9.45. The van der Waals surface area contributed by atoms with Gasteiger partial charge in [-0.3, -0.25) is 9.59 Å². The molecular weight excluding hydrogens is 442 g/mol. The highest BCUT2D eigenvalue weighted by Crippen LogP contribution is 2.49. The molecule has 3 saturated carbocycles. The number of carbonyl (C=O) groups excluding carboxylic acids is 2. The Kier molecular flexibility index (Phi) is 6.68. The third-order valence-electron chi connectivity index (χ3n) is 6.18. The molecule has 2 bridgehead atoms. The number of hydrogen-bond acceptors (Lipinski definition) is 3. The molecule has 5 rings (SSSR count). The third-order valence-corrected chi connectivity index (χ3v) is 6.74. The minimum absolute atomic E-state index is 0.000995. The molecule has 0 aromatic heterocycles. The lowest BCUT2D eigenvalue weighted by atomic mass is 9.57. The van der Waals surface area contributed by atoms with Gasteiger partial charge in [-0.15, -0.1) is 0 Å². The van der Waals surface area contributed by atoms with Crippen LogP contribution in [0.4, 0.5) is 4.39 Å². The number of rotatable bonds is 7. The van der Waals surface area contributed by atoms with Crippen LogP contribution in [0.3, 0.4) is 0 Å². The third kappa shape index (κ3) is 5.31. The van der Waals surface area contributed by atoms with Gasteiger partial charge in [-0.1, -0.05) is 35.3 Å². The first kappa shape index (κ1) is 21.9. The zero-order valence-corrected chi connectivity index (χ0v) is 18.3. The molecule has 3 aliphatic carbocycles. The van der Waals surface area contributed by atoms with Crippen molar-refractivity contribution in [2.45, 2.75) is 31.8 Å². The van der Waals surface area contributed by atoms with Gasteiger partial charge in [0, 0.05) is 29.6 Å². The molecule has 3 fully saturated rings. The molecule has 0 saturated heterocycles. The van der Waals surface area contributed by atoms with Crippen LogP contribution in [0, 0.1) is 23.6 Å². The van der Waals surface area contributed by atoms with E-state index in [1.807, 2.05) is 12.1 Å². The van der Waals surface area contributed by atoms with Gasteiger partial charge in [0.2, 0.25) is 5.91 Å². The molecule has 2 amide bonds. The Morgan fingerprint density at radius 1 is 1.03 bits per heavy atom. The second-order valence-corrected chi connectivity index (χ2v) is 9.06. The van der Waals surface area contributed by atoms with Gasteiger partial charge in [-0.2, -0.15) is 0 Å². The summed E-state index contributed by atoms with van der Waals surface area (Å²) in [5, 5.41) is 6.65. The van der Waals surface area contributed by atoms with Crippen molar-refractivity contribution >= 4 is 35.0 Å². The molecule has 0 unspecified atom stereocenters. The van der Waals surface area contributed by atoms with Crippen molar-refractivity contribution in [1.82, 2.24) is 10.6 Å². The van der Waals surface area contributed by atoms with E-state index in [9.17, 15) is 14.0 Å². The maximum absolute atomic E-state index is 13.5. The van der Waals surface area contributed by atoms with Crippen molar-refractivity contribution in [1.29, 1.82) is 0 Å². The topological polar surface area (TPSA) is 67.4 Å². The van der Waals surface area contributed by atoms with E-state index in [1.165, 1.54) is 12.1 Å². The van der Waals surface area contributed by atoms with Gasteiger partial charge in [-0.25, -0.2) is 4.39 Å². The lowest BCUT2D eigenvalue weighted by Crippen LogP contribution is -2.56. The number of carbonyl (C=O) groups is 2. The van der Waals surface area contributed by atoms with E-state index < -0.39 is 5.82 Å². The molecule has 8 heteroatoms. The second-order valence-electron chi connectivity index (χ2n) is 8.22. The number of fused-ring (bicyclic) bond motifs is 2. The Morgan fingerprint density at radius 2 is 1.77 bits per heavy atom. The van der Waals surface area contributed by atoms with Crippen molar-refractivity contribution in [3.8, 4) is 5.75 Å². The summed E-state index contributed by atoms with van der Waals surface area (Å²) in [5.41, 5.74) is 0.987. The highest BCUT2D eigenvalue weighted by molar-refractivity contribution is 6.30. The number of hydrogen-bond donors (Lipinski definition) is 2. The molecule has 2 aromatic carbocycles. The average Bonchev–Trinajstić information content (AvgIpc) is 2.73. The standard InChI is InChI=1S/C23H23Cl2FN2O3/c24-16-3-1-13(2-4-16)11-27-23(30)18-10-21(15-7-14(18)8-15)28-22(29)12-31-17-5-6-19(25)20(26)9-17/h1-6,9,14-15,18,21H,7-8,10-12H2,(H,27,30)(H,28,29)/t14?,15?,18-,21+/m0/s1. The summed E-state index contributed by atoms with van der Waals surface area (Å²) >= 11 is 11.5. The number of nitrogens with one attached hydrogen (secondary N) is 2. The summed E-state index contributed by atoms with van der Waals surface area (Å²) in [6.45, 7) is 0.228. The summed E-state index contributed by atoms with van der Waals surface area (Å²) < 4.78 is 18.8. The molecule has 31 heavy (non-hydrogen) atoms. The molecule has 2 atom stereocenters. The van der Waals surface area contributed by atoms with E-state index in [0.29, 0.717) is 29.8 Å². The van der Waals surface area contributed by atoms with Crippen molar-refractivity contribution in [3.63, 3.8) is 0 Å². The first-order chi connectivity index (χ1) is 14.9. The van der Waals surface area contributed by atoms with Crippen LogP contribution in [0.15, 0.2) is 42.5 Å². The molecule has 2 N–H and O–H groups in total. The Bertz CT molecular complexity index is 964.